The lowest BCUT2D eigenvalue weighted by molar-refractivity contribution is -0.149. The highest BCUT2D eigenvalue weighted by Crippen LogP contribution is 2.29. The van der Waals surface area contributed by atoms with Gasteiger partial charge in [-0.2, -0.15) is 0 Å². The van der Waals surface area contributed by atoms with Crippen LogP contribution >= 0.6 is 11.6 Å². The lowest BCUT2D eigenvalue weighted by Gasteiger charge is -2.34. The molecule has 32 heavy (non-hydrogen) atoms. The van der Waals surface area contributed by atoms with Crippen molar-refractivity contribution in [2.75, 3.05) is 26.2 Å². The van der Waals surface area contributed by atoms with E-state index in [0.717, 1.165) is 30.6 Å². The van der Waals surface area contributed by atoms with Crippen LogP contribution in [-0.2, 0) is 16.0 Å². The maximum Gasteiger partial charge on any atom is 0.310 e. The number of carbonyl (C=O) groups excluding carboxylic acids is 1. The predicted molar refractivity (Wildman–Crippen MR) is 128 cm³/mol. The minimum atomic E-state index is -0.452. The molecule has 0 spiro atoms. The van der Waals surface area contributed by atoms with E-state index >= 15 is 0 Å². The summed E-state index contributed by atoms with van der Waals surface area (Å²) < 4.78 is 19.5. The van der Waals surface area contributed by atoms with Crippen molar-refractivity contribution >= 4 is 24.5 Å². The average Bonchev–Trinajstić information content (AvgIpc) is 2.71. The second kappa shape index (κ2) is 11.8. The van der Waals surface area contributed by atoms with Crippen LogP contribution in [0.5, 0.6) is 0 Å². The van der Waals surface area contributed by atoms with Crippen molar-refractivity contribution in [1.82, 2.24) is 4.90 Å². The summed E-state index contributed by atoms with van der Waals surface area (Å²) in [6.45, 7) is 6.30. The third-order valence-corrected chi connectivity index (χ3v) is 6.29. The lowest BCUT2D eigenvalue weighted by atomic mass is 9.62. The second-order valence-corrected chi connectivity index (χ2v) is 9.25. The molecule has 2 atom stereocenters. The summed E-state index contributed by atoms with van der Waals surface area (Å²) in [5.41, 5.74) is 2.33. The molecule has 0 aliphatic carbocycles. The number of nitrogens with zero attached hydrogens (tertiary/aromatic N) is 1. The molecular formula is C25H32BClFNO3. The van der Waals surface area contributed by atoms with Crippen molar-refractivity contribution < 1.29 is 18.9 Å². The third kappa shape index (κ3) is 7.06. The number of hydrogen-bond donors (Lipinski definition) is 1. The van der Waals surface area contributed by atoms with Gasteiger partial charge in [-0.15, -0.1) is 0 Å². The molecule has 1 fully saturated rings. The van der Waals surface area contributed by atoms with Crippen molar-refractivity contribution in [3.63, 3.8) is 0 Å². The summed E-state index contributed by atoms with van der Waals surface area (Å²) in [5, 5.41) is 10.6. The molecule has 0 aromatic heterocycles. The summed E-state index contributed by atoms with van der Waals surface area (Å²) in [6.07, 6.45) is 3.19. The maximum atomic E-state index is 14.2. The van der Waals surface area contributed by atoms with Gasteiger partial charge in [0.25, 0.3) is 6.92 Å². The molecule has 0 unspecified atom stereocenters. The number of benzene rings is 2. The number of ether oxygens (including phenoxy) is 1. The van der Waals surface area contributed by atoms with Gasteiger partial charge in [0.05, 0.1) is 12.5 Å². The van der Waals surface area contributed by atoms with Gasteiger partial charge in [0.15, 0.2) is 0 Å². The fourth-order valence-corrected chi connectivity index (χ4v) is 4.57. The van der Waals surface area contributed by atoms with Crippen LogP contribution in [-0.4, -0.2) is 49.0 Å². The molecule has 1 heterocycles. The van der Waals surface area contributed by atoms with Crippen molar-refractivity contribution in [2.45, 2.75) is 39.3 Å². The summed E-state index contributed by atoms with van der Waals surface area (Å²) in [6, 6.07) is 12.3. The first-order valence-electron chi connectivity index (χ1n) is 11.5. The molecule has 0 bridgehead atoms. The van der Waals surface area contributed by atoms with Crippen LogP contribution in [0.3, 0.4) is 0 Å². The van der Waals surface area contributed by atoms with E-state index in [4.69, 9.17) is 16.3 Å². The van der Waals surface area contributed by atoms with E-state index in [1.54, 1.807) is 12.9 Å². The highest BCUT2D eigenvalue weighted by molar-refractivity contribution is 6.48. The molecule has 0 amide bonds. The molecule has 3 rings (SSSR count). The van der Waals surface area contributed by atoms with Gasteiger partial charge in [-0.05, 0) is 80.8 Å². The molecule has 0 saturated carbocycles. The van der Waals surface area contributed by atoms with E-state index < -0.39 is 6.92 Å². The monoisotopic (exact) mass is 459 g/mol. The number of halogens is 2. The number of likely N-dealkylation sites (tertiary alicyclic amines) is 1. The Labute approximate surface area is 195 Å². The van der Waals surface area contributed by atoms with Gasteiger partial charge in [0, 0.05) is 17.1 Å². The van der Waals surface area contributed by atoms with Crippen LogP contribution in [0.1, 0.15) is 25.3 Å². The quantitative estimate of drug-likeness (QED) is 0.371. The molecule has 0 radical (unpaired) electrons. The zero-order chi connectivity index (χ0) is 23.1. The third-order valence-electron chi connectivity index (χ3n) is 6.06. The first-order chi connectivity index (χ1) is 15.4. The Morgan fingerprint density at radius 2 is 1.97 bits per heavy atom. The minimum absolute atomic E-state index is 0.138. The van der Waals surface area contributed by atoms with Crippen molar-refractivity contribution in [1.29, 1.82) is 0 Å². The standard InChI is InChI=1S/C25H32BClFNO3/c1-3-32-25(30)21(17-29-11-4-12-29)14-19(16-26(2)31)13-18-5-7-20(8-6-18)23-15-22(27)9-10-24(23)28/h5-10,15,19,21,31H,3-4,11-14,16-17H2,1-2H3/t19-,21+/m1/s1. The van der Waals surface area contributed by atoms with Crippen LogP contribution < -0.4 is 0 Å². The van der Waals surface area contributed by atoms with Gasteiger partial charge in [0.2, 0.25) is 0 Å². The first kappa shape index (κ1) is 24.8. The van der Waals surface area contributed by atoms with Gasteiger partial charge in [-0.3, -0.25) is 4.79 Å². The Kier molecular flexibility index (Phi) is 9.15. The van der Waals surface area contributed by atoms with Crippen LogP contribution in [0.2, 0.25) is 18.2 Å². The zero-order valence-electron chi connectivity index (χ0n) is 18.9. The molecule has 1 aliphatic rings. The van der Waals surface area contributed by atoms with Crippen LogP contribution in [0, 0.1) is 17.7 Å². The lowest BCUT2D eigenvalue weighted by Crippen LogP contribution is -2.43. The van der Waals surface area contributed by atoms with Crippen molar-refractivity contribution in [3.8, 4) is 11.1 Å². The number of esters is 1. The summed E-state index contributed by atoms with van der Waals surface area (Å²) in [5.74, 6) is -0.516. The first-order valence-corrected chi connectivity index (χ1v) is 11.8. The maximum absolute atomic E-state index is 14.2. The highest BCUT2D eigenvalue weighted by atomic mass is 35.5. The van der Waals surface area contributed by atoms with Gasteiger partial charge in [-0.25, -0.2) is 4.39 Å². The molecule has 1 N–H and O–H groups in total. The zero-order valence-corrected chi connectivity index (χ0v) is 19.7. The SMILES string of the molecule is CCOC(=O)[C@@H](C[C@H](CB(C)O)Cc1ccc(-c2cc(Cl)ccc2F)cc1)CN1CCC1. The molecule has 172 valence electrons. The van der Waals surface area contributed by atoms with E-state index in [-0.39, 0.29) is 23.6 Å². The largest absolute Gasteiger partial charge is 0.466 e. The molecule has 2 aromatic rings. The van der Waals surface area contributed by atoms with E-state index in [0.29, 0.717) is 36.5 Å². The van der Waals surface area contributed by atoms with Gasteiger partial charge < -0.3 is 14.7 Å². The van der Waals surface area contributed by atoms with E-state index in [2.05, 4.69) is 4.90 Å². The molecular weight excluding hydrogens is 428 g/mol. The van der Waals surface area contributed by atoms with E-state index in [9.17, 15) is 14.2 Å². The van der Waals surface area contributed by atoms with Crippen LogP contribution in [0.25, 0.3) is 11.1 Å². The van der Waals surface area contributed by atoms with E-state index in [1.807, 2.05) is 31.2 Å². The normalized spacial score (nSPS) is 15.7. The van der Waals surface area contributed by atoms with Crippen molar-refractivity contribution in [3.05, 3.63) is 58.9 Å². The van der Waals surface area contributed by atoms with Gasteiger partial charge >= 0.3 is 5.97 Å². The van der Waals surface area contributed by atoms with Crippen molar-refractivity contribution in [2.24, 2.45) is 11.8 Å². The summed E-state index contributed by atoms with van der Waals surface area (Å²) in [7, 11) is 0. The van der Waals surface area contributed by atoms with Gasteiger partial charge in [0.1, 0.15) is 5.82 Å². The smallest absolute Gasteiger partial charge is 0.310 e. The Hall–Kier alpha value is -1.89. The number of hydrogen-bond acceptors (Lipinski definition) is 4. The molecule has 1 saturated heterocycles. The predicted octanol–water partition coefficient (Wildman–Crippen LogP) is 5.19. The fraction of sp³-hybridized carbons (Fsp3) is 0.480. The number of carbonyl (C=O) groups is 1. The molecule has 1 aliphatic heterocycles. The number of rotatable bonds is 11. The Morgan fingerprint density at radius 1 is 1.25 bits per heavy atom. The molecule has 2 aromatic carbocycles. The summed E-state index contributed by atoms with van der Waals surface area (Å²) in [4.78, 5) is 14.9. The Morgan fingerprint density at radius 3 is 2.56 bits per heavy atom. The Bertz CT molecular complexity index is 889. The summed E-state index contributed by atoms with van der Waals surface area (Å²) >= 11 is 6.03. The minimum Gasteiger partial charge on any atom is -0.466 e. The topological polar surface area (TPSA) is 49.8 Å². The second-order valence-electron chi connectivity index (χ2n) is 8.81. The molecule has 7 heteroatoms. The van der Waals surface area contributed by atoms with Crippen LogP contribution in [0.15, 0.2) is 42.5 Å². The van der Waals surface area contributed by atoms with Crippen LogP contribution in [0.4, 0.5) is 4.39 Å². The Balaban J connectivity index is 1.72. The average molecular weight is 460 g/mol. The molecule has 4 nitrogen and oxygen atoms in total. The fourth-order valence-electron chi connectivity index (χ4n) is 4.40. The highest BCUT2D eigenvalue weighted by Gasteiger charge is 2.29. The van der Waals surface area contributed by atoms with Gasteiger partial charge in [-0.1, -0.05) is 42.7 Å². The van der Waals surface area contributed by atoms with E-state index in [1.165, 1.54) is 18.6 Å².